The summed E-state index contributed by atoms with van der Waals surface area (Å²) in [5.41, 5.74) is 1.22. The first-order chi connectivity index (χ1) is 13.7. The van der Waals surface area contributed by atoms with Gasteiger partial charge >= 0.3 is 0 Å². The van der Waals surface area contributed by atoms with E-state index in [1.54, 1.807) is 6.20 Å². The van der Waals surface area contributed by atoms with Crippen molar-refractivity contribution in [3.63, 3.8) is 0 Å². The fourth-order valence-electron chi connectivity index (χ4n) is 4.02. The molecule has 28 heavy (non-hydrogen) atoms. The minimum absolute atomic E-state index is 0.0410. The Morgan fingerprint density at radius 3 is 2.82 bits per heavy atom. The summed E-state index contributed by atoms with van der Waals surface area (Å²) in [5, 5.41) is 13.3. The molecule has 2 N–H and O–H groups in total. The molecule has 7 heteroatoms. The third kappa shape index (κ3) is 7.47. The predicted molar refractivity (Wildman–Crippen MR) is 108 cm³/mol. The molecule has 1 aromatic rings. The highest BCUT2D eigenvalue weighted by atomic mass is 16.5. The molecule has 0 saturated carbocycles. The number of nitrogens with one attached hydrogen (secondary N) is 1. The number of unbranched alkanes of at least 4 members (excludes halogenated alkanes) is 1. The van der Waals surface area contributed by atoms with Crippen molar-refractivity contribution >= 4 is 5.91 Å². The lowest BCUT2D eigenvalue weighted by Gasteiger charge is -2.37. The lowest BCUT2D eigenvalue weighted by Crippen LogP contribution is -2.54. The van der Waals surface area contributed by atoms with E-state index in [0.717, 1.165) is 65.2 Å². The summed E-state index contributed by atoms with van der Waals surface area (Å²) in [6.45, 7) is 7.01. The molecule has 2 fully saturated rings. The minimum atomic E-state index is -0.366. The number of aromatic nitrogens is 1. The number of hydrogen-bond acceptors (Lipinski definition) is 6. The van der Waals surface area contributed by atoms with Gasteiger partial charge in [-0.3, -0.25) is 19.6 Å². The van der Waals surface area contributed by atoms with E-state index in [1.807, 2.05) is 12.3 Å². The molecule has 1 aromatic heterocycles. The van der Waals surface area contributed by atoms with Gasteiger partial charge in [0.05, 0.1) is 19.3 Å². The van der Waals surface area contributed by atoms with E-state index in [2.05, 4.69) is 26.2 Å². The highest BCUT2D eigenvalue weighted by Crippen LogP contribution is 2.12. The van der Waals surface area contributed by atoms with Crippen molar-refractivity contribution in [1.82, 2.24) is 20.1 Å². The number of morpholine rings is 1. The molecule has 1 amide bonds. The Morgan fingerprint density at radius 1 is 1.21 bits per heavy atom. The van der Waals surface area contributed by atoms with Gasteiger partial charge in [0.1, 0.15) is 0 Å². The summed E-state index contributed by atoms with van der Waals surface area (Å²) < 4.78 is 5.39. The van der Waals surface area contributed by atoms with Crippen LogP contribution in [0.5, 0.6) is 0 Å². The highest BCUT2D eigenvalue weighted by Gasteiger charge is 2.27. The molecule has 0 bridgehead atoms. The molecule has 156 valence electrons. The monoisotopic (exact) mass is 390 g/mol. The maximum absolute atomic E-state index is 12.3. The van der Waals surface area contributed by atoms with Crippen LogP contribution in [0.1, 0.15) is 31.2 Å². The summed E-state index contributed by atoms with van der Waals surface area (Å²) in [6.07, 6.45) is 7.30. The second kappa shape index (κ2) is 11.5. The molecule has 0 aromatic carbocycles. The number of hydrogen-bond donors (Lipinski definition) is 2. The number of amides is 1. The Balaban J connectivity index is 1.32. The van der Waals surface area contributed by atoms with Crippen molar-refractivity contribution in [1.29, 1.82) is 0 Å². The van der Waals surface area contributed by atoms with Gasteiger partial charge in [-0.15, -0.1) is 0 Å². The molecule has 3 rings (SSSR count). The standard InChI is InChI=1S/C21H34N4O3/c26-20-14-19(16-25(17-20)9-8-24-10-12-28-13-11-24)23-21(27)6-2-1-4-18-5-3-7-22-15-18/h3,5,7,15,19-20,26H,1-2,4,6,8-14,16-17H2,(H,23,27)/t19-,20+/m0/s1. The van der Waals surface area contributed by atoms with Gasteiger partial charge in [0.25, 0.3) is 0 Å². The van der Waals surface area contributed by atoms with Crippen molar-refractivity contribution in [3.8, 4) is 0 Å². The van der Waals surface area contributed by atoms with Crippen LogP contribution in [-0.2, 0) is 16.0 Å². The number of ether oxygens (including phenoxy) is 1. The molecule has 0 spiro atoms. The number of aliphatic hydroxyl groups excluding tert-OH is 1. The van der Waals surface area contributed by atoms with Gasteiger partial charge in [0, 0.05) is 64.1 Å². The Labute approximate surface area is 168 Å². The second-order valence-corrected chi connectivity index (χ2v) is 7.94. The normalized spacial score (nSPS) is 24.2. The summed E-state index contributed by atoms with van der Waals surface area (Å²) in [4.78, 5) is 21.1. The van der Waals surface area contributed by atoms with Gasteiger partial charge in [-0.2, -0.15) is 0 Å². The van der Waals surface area contributed by atoms with Gasteiger partial charge < -0.3 is 15.2 Å². The molecule has 2 aliphatic heterocycles. The number of carbonyl (C=O) groups is 1. The number of piperidine rings is 1. The summed E-state index contributed by atoms with van der Waals surface area (Å²) in [6, 6.07) is 4.06. The third-order valence-electron chi connectivity index (χ3n) is 5.55. The van der Waals surface area contributed by atoms with Crippen LogP contribution in [0.4, 0.5) is 0 Å². The predicted octanol–water partition coefficient (Wildman–Crippen LogP) is 0.678. The van der Waals surface area contributed by atoms with Crippen LogP contribution in [0.3, 0.4) is 0 Å². The van der Waals surface area contributed by atoms with E-state index in [4.69, 9.17) is 4.74 Å². The van der Waals surface area contributed by atoms with Crippen LogP contribution in [0.15, 0.2) is 24.5 Å². The maximum Gasteiger partial charge on any atom is 0.220 e. The molecule has 2 aliphatic rings. The second-order valence-electron chi connectivity index (χ2n) is 7.94. The number of carbonyl (C=O) groups excluding carboxylic acids is 1. The maximum atomic E-state index is 12.3. The molecule has 2 saturated heterocycles. The van der Waals surface area contributed by atoms with Crippen molar-refractivity contribution in [2.24, 2.45) is 0 Å². The van der Waals surface area contributed by atoms with E-state index in [0.29, 0.717) is 19.4 Å². The lowest BCUT2D eigenvalue weighted by molar-refractivity contribution is -0.122. The summed E-state index contributed by atoms with van der Waals surface area (Å²) >= 11 is 0. The average molecular weight is 391 g/mol. The van der Waals surface area contributed by atoms with E-state index in [9.17, 15) is 9.90 Å². The number of likely N-dealkylation sites (tertiary alicyclic amines) is 1. The van der Waals surface area contributed by atoms with Crippen molar-refractivity contribution in [2.75, 3.05) is 52.5 Å². The third-order valence-corrected chi connectivity index (χ3v) is 5.55. The Hall–Kier alpha value is -1.54. The SMILES string of the molecule is O=C(CCCCc1cccnc1)N[C@H]1C[C@@H](O)CN(CCN2CCOCC2)C1. The first-order valence-electron chi connectivity index (χ1n) is 10.6. The van der Waals surface area contributed by atoms with Crippen LogP contribution in [0.25, 0.3) is 0 Å². The zero-order valence-corrected chi connectivity index (χ0v) is 16.8. The van der Waals surface area contributed by atoms with E-state index >= 15 is 0 Å². The average Bonchev–Trinajstić information content (AvgIpc) is 2.71. The van der Waals surface area contributed by atoms with Crippen molar-refractivity contribution < 1.29 is 14.6 Å². The minimum Gasteiger partial charge on any atom is -0.392 e. The Kier molecular flexibility index (Phi) is 8.67. The fourth-order valence-corrected chi connectivity index (χ4v) is 4.02. The molecular weight excluding hydrogens is 356 g/mol. The van der Waals surface area contributed by atoms with Gasteiger partial charge in [-0.1, -0.05) is 6.07 Å². The van der Waals surface area contributed by atoms with Gasteiger partial charge in [0.15, 0.2) is 0 Å². The van der Waals surface area contributed by atoms with E-state index < -0.39 is 0 Å². The van der Waals surface area contributed by atoms with Crippen molar-refractivity contribution in [3.05, 3.63) is 30.1 Å². The zero-order chi connectivity index (χ0) is 19.6. The first kappa shape index (κ1) is 21.2. The molecule has 0 radical (unpaired) electrons. The fraction of sp³-hybridized carbons (Fsp3) is 0.714. The summed E-state index contributed by atoms with van der Waals surface area (Å²) in [5.74, 6) is 0.0958. The molecule has 0 aliphatic carbocycles. The van der Waals surface area contributed by atoms with Crippen LogP contribution < -0.4 is 5.32 Å². The van der Waals surface area contributed by atoms with Crippen LogP contribution in [0, 0.1) is 0 Å². The quantitative estimate of drug-likeness (QED) is 0.604. The smallest absolute Gasteiger partial charge is 0.220 e. The van der Waals surface area contributed by atoms with Crippen molar-refractivity contribution in [2.45, 2.75) is 44.2 Å². The van der Waals surface area contributed by atoms with E-state index in [-0.39, 0.29) is 18.1 Å². The molecular formula is C21H34N4O3. The topological polar surface area (TPSA) is 77.9 Å². The number of aryl methyl sites for hydroxylation is 1. The zero-order valence-electron chi connectivity index (χ0n) is 16.8. The highest BCUT2D eigenvalue weighted by molar-refractivity contribution is 5.76. The van der Waals surface area contributed by atoms with Gasteiger partial charge in [-0.05, 0) is 37.3 Å². The van der Waals surface area contributed by atoms with Crippen LogP contribution in [0.2, 0.25) is 0 Å². The number of pyridine rings is 1. The molecule has 0 unspecified atom stereocenters. The Morgan fingerprint density at radius 2 is 2.04 bits per heavy atom. The molecule has 7 nitrogen and oxygen atoms in total. The largest absolute Gasteiger partial charge is 0.392 e. The molecule has 3 heterocycles. The van der Waals surface area contributed by atoms with Gasteiger partial charge in [-0.25, -0.2) is 0 Å². The molecule has 2 atom stereocenters. The van der Waals surface area contributed by atoms with Crippen LogP contribution in [-0.4, -0.2) is 90.4 Å². The number of nitrogens with zero attached hydrogens (tertiary/aromatic N) is 3. The van der Waals surface area contributed by atoms with Gasteiger partial charge in [0.2, 0.25) is 5.91 Å². The number of aliphatic hydroxyl groups is 1. The summed E-state index contributed by atoms with van der Waals surface area (Å²) in [7, 11) is 0. The first-order valence-corrected chi connectivity index (χ1v) is 10.6. The number of rotatable bonds is 9. The number of β-amino-alcohol motifs (C(OH)–C–C–N with tert-alkyl or cyclic N) is 1. The Bertz CT molecular complexity index is 580. The van der Waals surface area contributed by atoms with E-state index in [1.165, 1.54) is 5.56 Å². The van der Waals surface area contributed by atoms with Crippen LogP contribution >= 0.6 is 0 Å². The lowest BCUT2D eigenvalue weighted by atomic mass is 10.0.